The number of aromatic nitrogens is 1. The largest absolute Gasteiger partial charge is 0.509 e. The van der Waals surface area contributed by atoms with Crippen molar-refractivity contribution in [1.29, 1.82) is 0 Å². The highest BCUT2D eigenvalue weighted by atomic mass is 16.3. The molecule has 4 rings (SSSR count). The topological polar surface area (TPSA) is 77.8 Å². The Bertz CT molecular complexity index is 968. The molecule has 2 aliphatic rings. The molecule has 2 amide bonds. The lowest BCUT2D eigenvalue weighted by molar-refractivity contribution is -0.131. The Kier molecular flexibility index (Phi) is 6.13. The third-order valence-corrected chi connectivity index (χ3v) is 6.33. The molecule has 0 radical (unpaired) electrons. The van der Waals surface area contributed by atoms with E-state index in [1.54, 1.807) is 4.90 Å². The van der Waals surface area contributed by atoms with Crippen molar-refractivity contribution < 1.29 is 14.7 Å². The number of nitrogens with zero attached hydrogens (tertiary/aromatic N) is 3. The molecule has 7 heteroatoms. The molecule has 1 saturated heterocycles. The molecular weight excluding hydrogens is 392 g/mol. The summed E-state index contributed by atoms with van der Waals surface area (Å²) in [5.74, 6) is -0.994. The summed E-state index contributed by atoms with van der Waals surface area (Å²) in [6.07, 6.45) is 0.460. The Hall–Kier alpha value is -3.06. The van der Waals surface area contributed by atoms with Crippen LogP contribution in [0.15, 0.2) is 53.8 Å². The molecular formula is C24H30N4O3. The number of amides is 2. The fraction of sp³-hybridized carbons (Fsp3) is 0.417. The van der Waals surface area contributed by atoms with E-state index in [1.807, 2.05) is 30.3 Å². The molecule has 0 spiro atoms. The summed E-state index contributed by atoms with van der Waals surface area (Å²) in [7, 11) is 0. The second-order valence-electron chi connectivity index (χ2n) is 8.38. The predicted molar refractivity (Wildman–Crippen MR) is 119 cm³/mol. The van der Waals surface area contributed by atoms with Crippen molar-refractivity contribution >= 4 is 11.8 Å². The van der Waals surface area contributed by atoms with Gasteiger partial charge in [0, 0.05) is 50.7 Å². The van der Waals surface area contributed by atoms with Crippen molar-refractivity contribution in [2.75, 3.05) is 32.7 Å². The number of carbonyl (C=O) groups excluding carboxylic acids is 2. The van der Waals surface area contributed by atoms with Crippen LogP contribution in [0.3, 0.4) is 0 Å². The van der Waals surface area contributed by atoms with Crippen LogP contribution in [-0.2, 0) is 22.6 Å². The van der Waals surface area contributed by atoms with E-state index in [0.717, 1.165) is 31.7 Å². The van der Waals surface area contributed by atoms with Crippen LogP contribution in [0, 0.1) is 13.8 Å². The molecule has 0 aliphatic carbocycles. The molecule has 3 heterocycles. The maximum atomic E-state index is 13.0. The minimum Gasteiger partial charge on any atom is -0.509 e. The average molecular weight is 423 g/mol. The van der Waals surface area contributed by atoms with E-state index in [2.05, 4.69) is 40.8 Å². The predicted octanol–water partition coefficient (Wildman–Crippen LogP) is 1.80. The molecule has 31 heavy (non-hydrogen) atoms. The highest BCUT2D eigenvalue weighted by molar-refractivity contribution is 6.20. The summed E-state index contributed by atoms with van der Waals surface area (Å²) >= 11 is 0. The Labute approximate surface area is 183 Å². The number of piperazine rings is 1. The molecule has 1 unspecified atom stereocenters. The van der Waals surface area contributed by atoms with Gasteiger partial charge in [-0.15, -0.1) is 0 Å². The van der Waals surface area contributed by atoms with Gasteiger partial charge in [-0.05, 0) is 38.0 Å². The van der Waals surface area contributed by atoms with Crippen molar-refractivity contribution in [1.82, 2.24) is 19.7 Å². The number of aryl methyl sites for hydroxylation is 2. The van der Waals surface area contributed by atoms with Crippen LogP contribution < -0.4 is 5.32 Å². The number of hydrogen-bond acceptors (Lipinski definition) is 4. The van der Waals surface area contributed by atoms with Crippen LogP contribution in [0.25, 0.3) is 0 Å². The van der Waals surface area contributed by atoms with E-state index in [1.165, 1.54) is 11.4 Å². The molecule has 2 aromatic rings. The van der Waals surface area contributed by atoms with Crippen LogP contribution in [0.2, 0.25) is 0 Å². The highest BCUT2D eigenvalue weighted by Crippen LogP contribution is 2.21. The summed E-state index contributed by atoms with van der Waals surface area (Å²) in [6.45, 7) is 8.69. The molecule has 1 aromatic carbocycles. The first-order valence-electron chi connectivity index (χ1n) is 10.9. The highest BCUT2D eigenvalue weighted by Gasteiger charge is 2.38. The normalized spacial score (nSPS) is 19.7. The second kappa shape index (κ2) is 8.98. The first-order valence-corrected chi connectivity index (χ1v) is 10.9. The zero-order valence-electron chi connectivity index (χ0n) is 18.2. The minimum absolute atomic E-state index is 0.104. The van der Waals surface area contributed by atoms with Gasteiger partial charge in [-0.3, -0.25) is 14.5 Å². The maximum absolute atomic E-state index is 13.0. The van der Waals surface area contributed by atoms with Gasteiger partial charge in [-0.1, -0.05) is 30.3 Å². The molecule has 1 aromatic heterocycles. The number of hydrogen-bond donors (Lipinski definition) is 2. The molecule has 0 saturated carbocycles. The van der Waals surface area contributed by atoms with Gasteiger partial charge in [0.05, 0.1) is 6.04 Å². The van der Waals surface area contributed by atoms with Crippen molar-refractivity contribution in [3.05, 3.63) is 70.7 Å². The molecule has 7 nitrogen and oxygen atoms in total. The summed E-state index contributed by atoms with van der Waals surface area (Å²) in [6, 6.07) is 13.3. The van der Waals surface area contributed by atoms with Gasteiger partial charge in [0.2, 0.25) is 0 Å². The van der Waals surface area contributed by atoms with Crippen LogP contribution in [0.1, 0.15) is 17.0 Å². The standard InChI is InChI=1S/C24H30N4O3/c1-17-8-9-18(2)28(17)15-12-26-10-13-27(14-11-26)24(31)21-22(29)20(25-23(21)30)16-19-6-4-3-5-7-19/h3-9,20,29H,10-16H2,1-2H3,(H,25,30). The Balaban J connectivity index is 1.34. The van der Waals surface area contributed by atoms with E-state index in [0.29, 0.717) is 19.5 Å². The average Bonchev–Trinajstić information content (AvgIpc) is 3.24. The lowest BCUT2D eigenvalue weighted by atomic mass is 10.0. The number of aliphatic hydroxyl groups excluding tert-OH is 1. The lowest BCUT2D eigenvalue weighted by Crippen LogP contribution is -2.50. The molecule has 1 fully saturated rings. The van der Waals surface area contributed by atoms with Gasteiger partial charge >= 0.3 is 0 Å². The Morgan fingerprint density at radius 1 is 1.00 bits per heavy atom. The number of benzene rings is 1. The van der Waals surface area contributed by atoms with Crippen molar-refractivity contribution in [3.63, 3.8) is 0 Å². The minimum atomic E-state index is -0.553. The summed E-state index contributed by atoms with van der Waals surface area (Å²) in [4.78, 5) is 29.4. The van der Waals surface area contributed by atoms with E-state index < -0.39 is 11.9 Å². The number of aliphatic hydroxyl groups is 1. The molecule has 1 atom stereocenters. The number of nitrogens with one attached hydrogen (secondary N) is 1. The van der Waals surface area contributed by atoms with Gasteiger partial charge in [0.15, 0.2) is 0 Å². The monoisotopic (exact) mass is 422 g/mol. The van der Waals surface area contributed by atoms with Crippen LogP contribution in [-0.4, -0.2) is 70.1 Å². The zero-order chi connectivity index (χ0) is 22.0. The maximum Gasteiger partial charge on any atom is 0.263 e. The summed E-state index contributed by atoms with van der Waals surface area (Å²) in [5, 5.41) is 13.4. The van der Waals surface area contributed by atoms with Crippen molar-refractivity contribution in [2.45, 2.75) is 32.9 Å². The Morgan fingerprint density at radius 3 is 2.29 bits per heavy atom. The third-order valence-electron chi connectivity index (χ3n) is 6.33. The van der Waals surface area contributed by atoms with Gasteiger partial charge in [0.25, 0.3) is 11.8 Å². The van der Waals surface area contributed by atoms with E-state index in [4.69, 9.17) is 0 Å². The van der Waals surface area contributed by atoms with E-state index in [-0.39, 0.29) is 17.2 Å². The SMILES string of the molecule is Cc1ccc(C)n1CCN1CCN(C(=O)C2=C(O)C(Cc3ccccc3)NC2=O)CC1. The first kappa shape index (κ1) is 21.2. The van der Waals surface area contributed by atoms with Crippen LogP contribution in [0.5, 0.6) is 0 Å². The summed E-state index contributed by atoms with van der Waals surface area (Å²) < 4.78 is 2.30. The third kappa shape index (κ3) is 4.51. The fourth-order valence-corrected chi connectivity index (χ4v) is 4.42. The zero-order valence-corrected chi connectivity index (χ0v) is 18.2. The number of carbonyl (C=O) groups is 2. The van der Waals surface area contributed by atoms with Gasteiger partial charge in [-0.2, -0.15) is 0 Å². The second-order valence-corrected chi connectivity index (χ2v) is 8.38. The number of rotatable bonds is 6. The molecule has 2 N–H and O–H groups in total. The van der Waals surface area contributed by atoms with Crippen molar-refractivity contribution in [2.24, 2.45) is 0 Å². The summed E-state index contributed by atoms with van der Waals surface area (Å²) in [5.41, 5.74) is 3.40. The van der Waals surface area contributed by atoms with Gasteiger partial charge in [-0.25, -0.2) is 0 Å². The quantitative estimate of drug-likeness (QED) is 0.696. The lowest BCUT2D eigenvalue weighted by Gasteiger charge is -2.35. The van der Waals surface area contributed by atoms with Crippen LogP contribution in [0.4, 0.5) is 0 Å². The van der Waals surface area contributed by atoms with E-state index >= 15 is 0 Å². The molecule has 0 bridgehead atoms. The van der Waals surface area contributed by atoms with Gasteiger partial charge in [0.1, 0.15) is 11.3 Å². The first-order chi connectivity index (χ1) is 14.9. The fourth-order valence-electron chi connectivity index (χ4n) is 4.42. The molecule has 164 valence electrons. The van der Waals surface area contributed by atoms with Crippen LogP contribution >= 0.6 is 0 Å². The van der Waals surface area contributed by atoms with E-state index in [9.17, 15) is 14.7 Å². The van der Waals surface area contributed by atoms with Crippen molar-refractivity contribution in [3.8, 4) is 0 Å². The molecule has 2 aliphatic heterocycles. The smallest absolute Gasteiger partial charge is 0.263 e. The van der Waals surface area contributed by atoms with Gasteiger partial charge < -0.3 is 19.9 Å². The Morgan fingerprint density at radius 2 is 1.65 bits per heavy atom.